The third-order valence-corrected chi connectivity index (χ3v) is 3.86. The molecule has 0 aliphatic heterocycles. The lowest BCUT2D eigenvalue weighted by atomic mass is 9.89. The van der Waals surface area contributed by atoms with Gasteiger partial charge in [-0.25, -0.2) is 0 Å². The second-order valence-electron chi connectivity index (χ2n) is 4.48. The van der Waals surface area contributed by atoms with Gasteiger partial charge in [0.2, 0.25) is 0 Å². The van der Waals surface area contributed by atoms with Crippen LogP contribution in [-0.2, 0) is 0 Å². The summed E-state index contributed by atoms with van der Waals surface area (Å²) in [5, 5.41) is 12.1. The van der Waals surface area contributed by atoms with Crippen molar-refractivity contribution in [1.29, 1.82) is 0 Å². The van der Waals surface area contributed by atoms with Crippen LogP contribution in [0, 0.1) is 6.92 Å². The Labute approximate surface area is 106 Å². The molecule has 0 radical (unpaired) electrons. The Balaban J connectivity index is 2.07. The van der Waals surface area contributed by atoms with Crippen LogP contribution in [0.1, 0.15) is 28.8 Å². The SMILES string of the molecule is CSc1ccc(C)c(C(=O)NC2CC(O)C2)c1. The highest BCUT2D eigenvalue weighted by molar-refractivity contribution is 7.98. The van der Waals surface area contributed by atoms with Crippen LogP contribution in [0.15, 0.2) is 23.1 Å². The summed E-state index contributed by atoms with van der Waals surface area (Å²) in [5.74, 6) is -0.0321. The highest BCUT2D eigenvalue weighted by atomic mass is 32.2. The number of hydrogen-bond donors (Lipinski definition) is 2. The Hall–Kier alpha value is -1.00. The molecule has 1 aliphatic rings. The van der Waals surface area contributed by atoms with Crippen LogP contribution < -0.4 is 5.32 Å². The molecule has 1 saturated carbocycles. The lowest BCUT2D eigenvalue weighted by Gasteiger charge is -2.32. The van der Waals surface area contributed by atoms with Crippen molar-refractivity contribution >= 4 is 17.7 Å². The molecule has 1 aliphatic carbocycles. The molecular formula is C13H17NO2S. The predicted molar refractivity (Wildman–Crippen MR) is 69.5 cm³/mol. The molecule has 92 valence electrons. The quantitative estimate of drug-likeness (QED) is 0.808. The predicted octanol–water partition coefficient (Wildman–Crippen LogP) is 1.97. The van der Waals surface area contributed by atoms with E-state index in [9.17, 15) is 9.90 Å². The monoisotopic (exact) mass is 251 g/mol. The van der Waals surface area contributed by atoms with E-state index in [1.54, 1.807) is 11.8 Å². The van der Waals surface area contributed by atoms with Crippen LogP contribution >= 0.6 is 11.8 Å². The number of carbonyl (C=O) groups is 1. The first kappa shape index (κ1) is 12.5. The van der Waals surface area contributed by atoms with Crippen molar-refractivity contribution in [2.24, 2.45) is 0 Å². The van der Waals surface area contributed by atoms with E-state index in [0.717, 1.165) is 16.0 Å². The van der Waals surface area contributed by atoms with Crippen LogP contribution in [0.2, 0.25) is 0 Å². The second kappa shape index (κ2) is 5.10. The van der Waals surface area contributed by atoms with E-state index in [0.29, 0.717) is 12.8 Å². The Bertz CT molecular complexity index is 427. The molecule has 1 amide bonds. The normalized spacial score (nSPS) is 23.0. The topological polar surface area (TPSA) is 49.3 Å². The summed E-state index contributed by atoms with van der Waals surface area (Å²) in [6.45, 7) is 1.94. The standard InChI is InChI=1S/C13H17NO2S/c1-8-3-4-11(17-2)7-12(8)13(16)14-9-5-10(15)6-9/h3-4,7,9-10,15H,5-6H2,1-2H3,(H,14,16). The summed E-state index contributed by atoms with van der Waals surface area (Å²) in [7, 11) is 0. The van der Waals surface area contributed by atoms with Crippen molar-refractivity contribution in [3.05, 3.63) is 29.3 Å². The molecule has 2 N–H and O–H groups in total. The van der Waals surface area contributed by atoms with Gasteiger partial charge in [-0.2, -0.15) is 0 Å². The van der Waals surface area contributed by atoms with Crippen LogP contribution in [0.3, 0.4) is 0 Å². The van der Waals surface area contributed by atoms with Gasteiger partial charge >= 0.3 is 0 Å². The summed E-state index contributed by atoms with van der Waals surface area (Å²) in [6, 6.07) is 6.04. The fourth-order valence-electron chi connectivity index (χ4n) is 1.94. The first-order valence-electron chi connectivity index (χ1n) is 5.73. The third kappa shape index (κ3) is 2.82. The molecule has 1 aromatic rings. The van der Waals surface area contributed by atoms with Gasteiger partial charge in [-0.15, -0.1) is 11.8 Å². The smallest absolute Gasteiger partial charge is 0.251 e. The maximum absolute atomic E-state index is 12.0. The van der Waals surface area contributed by atoms with Gasteiger partial charge in [0.05, 0.1) is 6.10 Å². The lowest BCUT2D eigenvalue weighted by molar-refractivity contribution is 0.0562. The number of carbonyl (C=O) groups excluding carboxylic acids is 1. The number of hydrogen-bond acceptors (Lipinski definition) is 3. The van der Waals surface area contributed by atoms with Gasteiger partial charge in [0.1, 0.15) is 0 Å². The van der Waals surface area contributed by atoms with Gasteiger partial charge in [-0.1, -0.05) is 6.07 Å². The number of amides is 1. The summed E-state index contributed by atoms with van der Waals surface area (Å²) >= 11 is 1.63. The fourth-order valence-corrected chi connectivity index (χ4v) is 2.38. The second-order valence-corrected chi connectivity index (χ2v) is 5.36. The molecule has 1 fully saturated rings. The average Bonchev–Trinajstić information content (AvgIpc) is 2.27. The minimum absolute atomic E-state index is 0.0321. The maximum Gasteiger partial charge on any atom is 0.251 e. The van der Waals surface area contributed by atoms with Crippen LogP contribution in [-0.4, -0.2) is 29.4 Å². The molecule has 2 rings (SSSR count). The van der Waals surface area contributed by atoms with Crippen molar-refractivity contribution in [2.45, 2.75) is 36.8 Å². The number of aliphatic hydroxyl groups is 1. The minimum Gasteiger partial charge on any atom is -0.393 e. The summed E-state index contributed by atoms with van der Waals surface area (Å²) in [4.78, 5) is 13.1. The Morgan fingerprint density at radius 1 is 1.47 bits per heavy atom. The minimum atomic E-state index is -0.237. The van der Waals surface area contributed by atoms with Crippen LogP contribution in [0.4, 0.5) is 0 Å². The lowest BCUT2D eigenvalue weighted by Crippen LogP contribution is -2.46. The molecule has 0 unspecified atom stereocenters. The maximum atomic E-state index is 12.0. The highest BCUT2D eigenvalue weighted by Crippen LogP contribution is 2.22. The molecule has 4 heteroatoms. The molecule has 1 aromatic carbocycles. The number of aryl methyl sites for hydroxylation is 1. The number of nitrogens with one attached hydrogen (secondary N) is 1. The molecule has 0 saturated heterocycles. The number of rotatable bonds is 3. The zero-order valence-corrected chi connectivity index (χ0v) is 10.9. The zero-order chi connectivity index (χ0) is 12.4. The summed E-state index contributed by atoms with van der Waals surface area (Å²) in [6.07, 6.45) is 3.10. The van der Waals surface area contributed by atoms with Crippen molar-refractivity contribution < 1.29 is 9.90 Å². The summed E-state index contributed by atoms with van der Waals surface area (Å²) < 4.78 is 0. The molecule has 0 bridgehead atoms. The van der Waals surface area contributed by atoms with E-state index in [4.69, 9.17) is 0 Å². The van der Waals surface area contributed by atoms with E-state index < -0.39 is 0 Å². The average molecular weight is 251 g/mol. The largest absolute Gasteiger partial charge is 0.393 e. The van der Waals surface area contributed by atoms with Gasteiger partial charge in [-0.3, -0.25) is 4.79 Å². The highest BCUT2D eigenvalue weighted by Gasteiger charge is 2.28. The van der Waals surface area contributed by atoms with Crippen molar-refractivity contribution in [3.63, 3.8) is 0 Å². The molecule has 0 atom stereocenters. The van der Waals surface area contributed by atoms with Gasteiger partial charge in [0, 0.05) is 16.5 Å². The molecule has 3 nitrogen and oxygen atoms in total. The first-order chi connectivity index (χ1) is 8.10. The van der Waals surface area contributed by atoms with Gasteiger partial charge < -0.3 is 10.4 Å². The molecule has 0 spiro atoms. The molecule has 17 heavy (non-hydrogen) atoms. The van der Waals surface area contributed by atoms with Crippen LogP contribution in [0.25, 0.3) is 0 Å². The van der Waals surface area contributed by atoms with Gasteiger partial charge in [0.15, 0.2) is 0 Å². The third-order valence-electron chi connectivity index (χ3n) is 3.14. The zero-order valence-electron chi connectivity index (χ0n) is 10.1. The summed E-state index contributed by atoms with van der Waals surface area (Å²) in [5.41, 5.74) is 1.72. The number of aliphatic hydroxyl groups excluding tert-OH is 1. The Kier molecular flexibility index (Phi) is 3.74. The van der Waals surface area contributed by atoms with Gasteiger partial charge in [0.25, 0.3) is 5.91 Å². The van der Waals surface area contributed by atoms with Crippen LogP contribution in [0.5, 0.6) is 0 Å². The number of benzene rings is 1. The molecule has 0 aromatic heterocycles. The van der Waals surface area contributed by atoms with E-state index in [1.165, 1.54) is 0 Å². The first-order valence-corrected chi connectivity index (χ1v) is 6.96. The van der Waals surface area contributed by atoms with Gasteiger partial charge in [-0.05, 0) is 43.7 Å². The van der Waals surface area contributed by atoms with Crippen molar-refractivity contribution in [1.82, 2.24) is 5.32 Å². The Morgan fingerprint density at radius 2 is 2.18 bits per heavy atom. The van der Waals surface area contributed by atoms with E-state index >= 15 is 0 Å². The van der Waals surface area contributed by atoms with Crippen molar-refractivity contribution in [3.8, 4) is 0 Å². The molecule has 0 heterocycles. The van der Waals surface area contributed by atoms with E-state index in [-0.39, 0.29) is 18.1 Å². The van der Waals surface area contributed by atoms with Crippen molar-refractivity contribution in [2.75, 3.05) is 6.26 Å². The fraction of sp³-hybridized carbons (Fsp3) is 0.462. The van der Waals surface area contributed by atoms with E-state index in [1.807, 2.05) is 31.4 Å². The van der Waals surface area contributed by atoms with E-state index in [2.05, 4.69) is 5.32 Å². The number of thioether (sulfide) groups is 1. The molecular weight excluding hydrogens is 234 g/mol. The Morgan fingerprint density at radius 3 is 2.76 bits per heavy atom.